The first kappa shape index (κ1) is 19.6. The quantitative estimate of drug-likeness (QED) is 0.788. The normalized spacial score (nSPS) is 19.3. The Morgan fingerprint density at radius 1 is 1.00 bits per heavy atom. The van der Waals surface area contributed by atoms with E-state index in [0.717, 1.165) is 31.7 Å². The van der Waals surface area contributed by atoms with E-state index < -0.39 is 11.9 Å². The summed E-state index contributed by atoms with van der Waals surface area (Å²) in [5, 5.41) is 0. The molecule has 0 spiro atoms. The second-order valence-electron chi connectivity index (χ2n) is 7.28. The lowest BCUT2D eigenvalue weighted by atomic mass is 9.88. The molecule has 2 heterocycles. The number of halogens is 3. The third-order valence-electron chi connectivity index (χ3n) is 5.44. The summed E-state index contributed by atoms with van der Waals surface area (Å²) in [7, 11) is 0. The average Bonchev–Trinajstić information content (AvgIpc) is 2.67. The predicted molar refractivity (Wildman–Crippen MR) is 93.0 cm³/mol. The maximum absolute atomic E-state index is 12.7. The number of amides is 2. The standard InChI is InChI=1S/C19H24F3N3O2/c1-13-15(7-8-16(23-13)19(20,21)22)18(27)25-11-9-24(10-12-25)17(26)14-5-3-2-4-6-14/h7-8,14H,2-6,9-12H2,1H3. The zero-order valence-corrected chi connectivity index (χ0v) is 15.4. The maximum Gasteiger partial charge on any atom is 0.433 e. The number of hydrogen-bond donors (Lipinski definition) is 0. The van der Waals surface area contributed by atoms with Crippen LogP contribution in [0.3, 0.4) is 0 Å². The summed E-state index contributed by atoms with van der Waals surface area (Å²) in [4.78, 5) is 32.2. The molecule has 1 aromatic rings. The third-order valence-corrected chi connectivity index (χ3v) is 5.44. The maximum atomic E-state index is 12.7. The van der Waals surface area contributed by atoms with Crippen LogP contribution < -0.4 is 0 Å². The van der Waals surface area contributed by atoms with E-state index in [4.69, 9.17) is 0 Å². The molecule has 1 aliphatic heterocycles. The molecule has 5 nitrogen and oxygen atoms in total. The van der Waals surface area contributed by atoms with E-state index in [1.807, 2.05) is 4.90 Å². The molecule has 2 amide bonds. The van der Waals surface area contributed by atoms with Crippen molar-refractivity contribution in [1.29, 1.82) is 0 Å². The van der Waals surface area contributed by atoms with Crippen molar-refractivity contribution in [3.05, 3.63) is 29.1 Å². The lowest BCUT2D eigenvalue weighted by Crippen LogP contribution is -2.52. The van der Waals surface area contributed by atoms with Gasteiger partial charge in [-0.1, -0.05) is 19.3 Å². The molecule has 0 N–H and O–H groups in total. The van der Waals surface area contributed by atoms with Gasteiger partial charge in [-0.3, -0.25) is 9.59 Å². The summed E-state index contributed by atoms with van der Waals surface area (Å²) in [6, 6.07) is 2.02. The molecule has 0 unspecified atom stereocenters. The Morgan fingerprint density at radius 2 is 1.59 bits per heavy atom. The molecule has 27 heavy (non-hydrogen) atoms. The van der Waals surface area contributed by atoms with Crippen molar-refractivity contribution in [2.45, 2.75) is 45.2 Å². The molecular weight excluding hydrogens is 359 g/mol. The van der Waals surface area contributed by atoms with Crippen LogP contribution in [-0.2, 0) is 11.0 Å². The third kappa shape index (κ3) is 4.42. The Bertz CT molecular complexity index is 707. The zero-order valence-electron chi connectivity index (χ0n) is 15.4. The number of hydrogen-bond acceptors (Lipinski definition) is 3. The fourth-order valence-corrected chi connectivity index (χ4v) is 3.85. The number of alkyl halides is 3. The molecule has 2 fully saturated rings. The van der Waals surface area contributed by atoms with Gasteiger partial charge < -0.3 is 9.80 Å². The molecule has 8 heteroatoms. The van der Waals surface area contributed by atoms with Gasteiger partial charge in [-0.25, -0.2) is 4.98 Å². The van der Waals surface area contributed by atoms with Gasteiger partial charge in [0.2, 0.25) is 5.91 Å². The Kier molecular flexibility index (Phi) is 5.72. The lowest BCUT2D eigenvalue weighted by Gasteiger charge is -2.37. The molecule has 1 saturated heterocycles. The lowest BCUT2D eigenvalue weighted by molar-refractivity contribution is -0.141. The van der Waals surface area contributed by atoms with Crippen LogP contribution in [0.5, 0.6) is 0 Å². The highest BCUT2D eigenvalue weighted by Crippen LogP contribution is 2.29. The highest BCUT2D eigenvalue weighted by molar-refractivity contribution is 5.95. The van der Waals surface area contributed by atoms with Crippen molar-refractivity contribution < 1.29 is 22.8 Å². The van der Waals surface area contributed by atoms with Crippen LogP contribution in [0.2, 0.25) is 0 Å². The summed E-state index contributed by atoms with van der Waals surface area (Å²) in [5.74, 6) is -0.0602. The minimum atomic E-state index is -4.53. The fraction of sp³-hybridized carbons (Fsp3) is 0.632. The number of aromatic nitrogens is 1. The van der Waals surface area contributed by atoms with E-state index in [2.05, 4.69) is 4.98 Å². The average molecular weight is 383 g/mol. The van der Waals surface area contributed by atoms with Crippen LogP contribution in [0.4, 0.5) is 13.2 Å². The predicted octanol–water partition coefficient (Wildman–Crippen LogP) is 3.27. The first-order chi connectivity index (χ1) is 12.8. The van der Waals surface area contributed by atoms with Crippen LogP contribution >= 0.6 is 0 Å². The molecule has 1 aliphatic carbocycles. The molecular formula is C19H24F3N3O2. The van der Waals surface area contributed by atoms with Gasteiger partial charge in [-0.05, 0) is 31.9 Å². The number of carbonyl (C=O) groups excluding carboxylic acids is 2. The van der Waals surface area contributed by atoms with E-state index in [9.17, 15) is 22.8 Å². The summed E-state index contributed by atoms with van der Waals surface area (Å²) in [5.41, 5.74) is -0.759. The van der Waals surface area contributed by atoms with Crippen LogP contribution in [0.15, 0.2) is 12.1 Å². The second kappa shape index (κ2) is 7.86. The summed E-state index contributed by atoms with van der Waals surface area (Å²) in [6.07, 6.45) is 0.719. The van der Waals surface area contributed by atoms with Gasteiger partial charge in [0.15, 0.2) is 0 Å². The van der Waals surface area contributed by atoms with Crippen LogP contribution in [0, 0.1) is 12.8 Å². The summed E-state index contributed by atoms with van der Waals surface area (Å²) in [6.45, 7) is 3.11. The first-order valence-electron chi connectivity index (χ1n) is 9.40. The highest BCUT2D eigenvalue weighted by Gasteiger charge is 2.34. The molecule has 2 aliphatic rings. The Balaban J connectivity index is 1.61. The van der Waals surface area contributed by atoms with Gasteiger partial charge in [0, 0.05) is 32.1 Å². The van der Waals surface area contributed by atoms with E-state index in [0.29, 0.717) is 26.2 Å². The second-order valence-corrected chi connectivity index (χ2v) is 7.28. The molecule has 3 rings (SSSR count). The number of rotatable bonds is 2. The molecule has 0 radical (unpaired) electrons. The van der Waals surface area contributed by atoms with Gasteiger partial charge >= 0.3 is 6.18 Å². The number of pyridine rings is 1. The van der Waals surface area contributed by atoms with Gasteiger partial charge in [0.25, 0.3) is 5.91 Å². The molecule has 1 aromatic heterocycles. The first-order valence-corrected chi connectivity index (χ1v) is 9.40. The van der Waals surface area contributed by atoms with Crippen molar-refractivity contribution in [1.82, 2.24) is 14.8 Å². The van der Waals surface area contributed by atoms with E-state index in [-0.39, 0.29) is 29.0 Å². The summed E-state index contributed by atoms with van der Waals surface area (Å²) >= 11 is 0. The van der Waals surface area contributed by atoms with Gasteiger partial charge in [0.05, 0.1) is 11.3 Å². The number of piperazine rings is 1. The highest BCUT2D eigenvalue weighted by atomic mass is 19.4. The SMILES string of the molecule is Cc1nc(C(F)(F)F)ccc1C(=O)N1CCN(C(=O)C2CCCCC2)CC1. The Morgan fingerprint density at radius 3 is 2.15 bits per heavy atom. The van der Waals surface area contributed by atoms with Crippen molar-refractivity contribution >= 4 is 11.8 Å². The monoisotopic (exact) mass is 383 g/mol. The fourth-order valence-electron chi connectivity index (χ4n) is 3.85. The van der Waals surface area contributed by atoms with Crippen LogP contribution in [0.25, 0.3) is 0 Å². The number of aryl methyl sites for hydroxylation is 1. The van der Waals surface area contributed by atoms with Gasteiger partial charge in [0.1, 0.15) is 5.69 Å². The Hall–Kier alpha value is -2.12. The summed E-state index contributed by atoms with van der Waals surface area (Å²) < 4.78 is 38.2. The molecule has 148 valence electrons. The molecule has 0 atom stereocenters. The largest absolute Gasteiger partial charge is 0.433 e. The van der Waals surface area contributed by atoms with Crippen molar-refractivity contribution in [3.8, 4) is 0 Å². The minimum absolute atomic E-state index is 0.0653. The van der Waals surface area contributed by atoms with E-state index in [1.165, 1.54) is 19.4 Å². The van der Waals surface area contributed by atoms with Gasteiger partial charge in [-0.2, -0.15) is 13.2 Å². The van der Waals surface area contributed by atoms with Crippen molar-refractivity contribution in [2.24, 2.45) is 5.92 Å². The van der Waals surface area contributed by atoms with Gasteiger partial charge in [-0.15, -0.1) is 0 Å². The smallest absolute Gasteiger partial charge is 0.339 e. The number of nitrogens with zero attached hydrogens (tertiary/aromatic N) is 3. The molecule has 0 bridgehead atoms. The van der Waals surface area contributed by atoms with Crippen LogP contribution in [-0.4, -0.2) is 52.8 Å². The number of carbonyl (C=O) groups is 2. The van der Waals surface area contributed by atoms with E-state index in [1.54, 1.807) is 4.90 Å². The van der Waals surface area contributed by atoms with Crippen LogP contribution in [0.1, 0.15) is 53.8 Å². The Labute approximate surface area is 156 Å². The van der Waals surface area contributed by atoms with Crippen molar-refractivity contribution in [3.63, 3.8) is 0 Å². The minimum Gasteiger partial charge on any atom is -0.339 e. The topological polar surface area (TPSA) is 53.5 Å². The zero-order chi connectivity index (χ0) is 19.6. The van der Waals surface area contributed by atoms with Crippen molar-refractivity contribution in [2.75, 3.05) is 26.2 Å². The molecule has 1 saturated carbocycles. The van der Waals surface area contributed by atoms with E-state index >= 15 is 0 Å². The molecule has 0 aromatic carbocycles.